The molecule has 9 rings (SSSR count). The van der Waals surface area contributed by atoms with Crippen LogP contribution in [0.5, 0.6) is 23.0 Å². The van der Waals surface area contributed by atoms with Crippen LogP contribution in [0.15, 0.2) is 127 Å². The molecule has 7 aromatic carbocycles. The second-order valence-corrected chi connectivity index (χ2v) is 10.5. The van der Waals surface area contributed by atoms with Crippen molar-refractivity contribution in [3.05, 3.63) is 127 Å². The molecule has 0 saturated carbocycles. The maximum atomic E-state index is 6.74. The molecule has 180 valence electrons. The lowest BCUT2D eigenvalue weighted by atomic mass is 9.34. The lowest BCUT2D eigenvalue weighted by molar-refractivity contribution is 0.465. The van der Waals surface area contributed by atoms with E-state index < -0.39 is 0 Å². The fourth-order valence-corrected chi connectivity index (χ4v) is 6.63. The van der Waals surface area contributed by atoms with Crippen molar-refractivity contribution in [2.75, 3.05) is 0 Å². The summed E-state index contributed by atoms with van der Waals surface area (Å²) >= 11 is 0. The molecule has 39 heavy (non-hydrogen) atoms. The van der Waals surface area contributed by atoms with E-state index in [2.05, 4.69) is 109 Å². The Kier molecular flexibility index (Phi) is 4.17. The summed E-state index contributed by atoms with van der Waals surface area (Å²) in [5.41, 5.74) is 5.75. The van der Waals surface area contributed by atoms with E-state index in [-0.39, 0.29) is 6.71 Å². The lowest BCUT2D eigenvalue weighted by Crippen LogP contribution is -2.57. The second-order valence-electron chi connectivity index (χ2n) is 10.5. The lowest BCUT2D eigenvalue weighted by Gasteiger charge is -2.33. The number of hydrogen-bond acceptors (Lipinski definition) is 2. The van der Waals surface area contributed by atoms with Crippen LogP contribution in [0.3, 0.4) is 0 Å². The molecule has 0 N–H and O–H groups in total. The Balaban J connectivity index is 1.31. The zero-order valence-corrected chi connectivity index (χ0v) is 21.0. The minimum atomic E-state index is 0.0621. The van der Waals surface area contributed by atoms with Crippen LogP contribution in [0.4, 0.5) is 0 Å². The topological polar surface area (TPSA) is 18.5 Å². The summed E-state index contributed by atoms with van der Waals surface area (Å²) in [6.45, 7) is 0.0621. The van der Waals surface area contributed by atoms with Crippen LogP contribution in [0.25, 0.3) is 43.4 Å². The van der Waals surface area contributed by atoms with E-state index in [4.69, 9.17) is 9.47 Å². The Morgan fingerprint density at radius 3 is 2.03 bits per heavy atom. The van der Waals surface area contributed by atoms with Crippen molar-refractivity contribution in [1.29, 1.82) is 0 Å². The van der Waals surface area contributed by atoms with Crippen LogP contribution in [-0.2, 0) is 0 Å². The van der Waals surface area contributed by atoms with Gasteiger partial charge in [0.05, 0.1) is 0 Å². The predicted molar refractivity (Wildman–Crippen MR) is 162 cm³/mol. The zero-order valence-electron chi connectivity index (χ0n) is 21.0. The van der Waals surface area contributed by atoms with Crippen molar-refractivity contribution < 1.29 is 9.47 Å². The maximum absolute atomic E-state index is 6.74. The fourth-order valence-electron chi connectivity index (χ4n) is 6.63. The highest BCUT2D eigenvalue weighted by Crippen LogP contribution is 2.42. The molecular formula is C36H21BO2. The molecule has 0 aromatic heterocycles. The van der Waals surface area contributed by atoms with Crippen molar-refractivity contribution in [2.24, 2.45) is 0 Å². The Labute approximate surface area is 226 Å². The van der Waals surface area contributed by atoms with Gasteiger partial charge in [-0.05, 0) is 79.1 Å². The molecule has 2 aliphatic heterocycles. The van der Waals surface area contributed by atoms with Gasteiger partial charge in [0.2, 0.25) is 0 Å². The van der Waals surface area contributed by atoms with Crippen molar-refractivity contribution in [1.82, 2.24) is 0 Å². The quantitative estimate of drug-likeness (QED) is 0.133. The Hall–Kier alpha value is -5.02. The Morgan fingerprint density at radius 2 is 1.05 bits per heavy atom. The van der Waals surface area contributed by atoms with Gasteiger partial charge in [-0.3, -0.25) is 0 Å². The van der Waals surface area contributed by atoms with E-state index >= 15 is 0 Å². The molecule has 0 fully saturated rings. The predicted octanol–water partition coefficient (Wildman–Crippen LogP) is 7.54. The molecule has 7 aromatic rings. The maximum Gasteiger partial charge on any atom is 0.260 e. The van der Waals surface area contributed by atoms with Gasteiger partial charge < -0.3 is 9.47 Å². The average Bonchev–Trinajstić information content (AvgIpc) is 2.99. The molecule has 0 saturated heterocycles. The number of rotatable bonds is 1. The van der Waals surface area contributed by atoms with Gasteiger partial charge in [-0.15, -0.1) is 0 Å². The normalized spacial score (nSPS) is 13.0. The van der Waals surface area contributed by atoms with E-state index in [0.29, 0.717) is 0 Å². The van der Waals surface area contributed by atoms with Crippen LogP contribution in [-0.4, -0.2) is 6.71 Å². The van der Waals surface area contributed by atoms with Crippen molar-refractivity contribution in [3.63, 3.8) is 0 Å². The zero-order chi connectivity index (χ0) is 25.5. The summed E-state index contributed by atoms with van der Waals surface area (Å²) < 4.78 is 13.0. The average molecular weight is 496 g/mol. The molecule has 0 unspecified atom stereocenters. The van der Waals surface area contributed by atoms with Gasteiger partial charge in [-0.1, -0.05) is 97.1 Å². The van der Waals surface area contributed by atoms with Gasteiger partial charge in [0, 0.05) is 11.0 Å². The third-order valence-corrected chi connectivity index (χ3v) is 8.37. The molecule has 2 nitrogen and oxygen atoms in total. The molecule has 2 heterocycles. The highest BCUT2D eigenvalue weighted by molar-refractivity contribution is 6.98. The molecule has 3 heteroatoms. The smallest absolute Gasteiger partial charge is 0.260 e. The van der Waals surface area contributed by atoms with E-state index in [1.807, 2.05) is 18.2 Å². The number of benzene rings is 7. The summed E-state index contributed by atoms with van der Waals surface area (Å²) in [6.07, 6.45) is 0. The van der Waals surface area contributed by atoms with Crippen LogP contribution in [0.1, 0.15) is 0 Å². The molecule has 0 radical (unpaired) electrons. The summed E-state index contributed by atoms with van der Waals surface area (Å²) in [7, 11) is 0. The molecule has 0 bridgehead atoms. The van der Waals surface area contributed by atoms with Gasteiger partial charge in [-0.2, -0.15) is 0 Å². The van der Waals surface area contributed by atoms with E-state index in [1.54, 1.807) is 0 Å². The second kappa shape index (κ2) is 7.75. The molecule has 0 aliphatic carbocycles. The summed E-state index contributed by atoms with van der Waals surface area (Å²) in [5.74, 6) is 3.57. The van der Waals surface area contributed by atoms with Crippen LogP contribution < -0.4 is 25.9 Å². The van der Waals surface area contributed by atoms with Crippen LogP contribution in [0, 0.1) is 0 Å². The van der Waals surface area contributed by atoms with E-state index in [0.717, 1.165) is 34.0 Å². The third-order valence-electron chi connectivity index (χ3n) is 8.37. The SMILES string of the molecule is c1ccc2c(c1)Oc1cccc3c1B2c1cccc(-c2cccc4cc5c(ccc6ccccc65)cc24)c1O3. The van der Waals surface area contributed by atoms with Crippen molar-refractivity contribution >= 4 is 55.4 Å². The van der Waals surface area contributed by atoms with E-state index in [1.165, 1.54) is 48.8 Å². The summed E-state index contributed by atoms with van der Waals surface area (Å²) in [6, 6.07) is 45.4. The molecular weight excluding hydrogens is 475 g/mol. The number of ether oxygens (including phenoxy) is 2. The highest BCUT2D eigenvalue weighted by atomic mass is 16.5. The van der Waals surface area contributed by atoms with Crippen molar-refractivity contribution in [2.45, 2.75) is 0 Å². The fraction of sp³-hybridized carbons (Fsp3) is 0. The van der Waals surface area contributed by atoms with Gasteiger partial charge in [0.15, 0.2) is 0 Å². The van der Waals surface area contributed by atoms with Gasteiger partial charge >= 0.3 is 0 Å². The summed E-state index contributed by atoms with van der Waals surface area (Å²) in [5, 5.41) is 7.53. The van der Waals surface area contributed by atoms with Gasteiger partial charge in [0.25, 0.3) is 6.71 Å². The molecule has 2 aliphatic rings. The van der Waals surface area contributed by atoms with Gasteiger partial charge in [-0.25, -0.2) is 0 Å². The molecule has 0 spiro atoms. The number of para-hydroxylation sites is 2. The minimum absolute atomic E-state index is 0.0621. The summed E-state index contributed by atoms with van der Waals surface area (Å²) in [4.78, 5) is 0. The minimum Gasteiger partial charge on any atom is -0.458 e. The monoisotopic (exact) mass is 496 g/mol. The van der Waals surface area contributed by atoms with Crippen LogP contribution in [0.2, 0.25) is 0 Å². The highest BCUT2D eigenvalue weighted by Gasteiger charge is 2.40. The Bertz CT molecular complexity index is 2150. The van der Waals surface area contributed by atoms with Crippen LogP contribution >= 0.6 is 0 Å². The number of hydrogen-bond donors (Lipinski definition) is 0. The van der Waals surface area contributed by atoms with Crippen molar-refractivity contribution in [3.8, 4) is 34.1 Å². The number of fused-ring (bicyclic) bond motifs is 8. The first-order valence-corrected chi connectivity index (χ1v) is 13.4. The molecule has 0 amide bonds. The first-order valence-electron chi connectivity index (χ1n) is 13.4. The first kappa shape index (κ1) is 21.0. The molecule has 0 atom stereocenters. The van der Waals surface area contributed by atoms with Gasteiger partial charge in [0.1, 0.15) is 23.0 Å². The van der Waals surface area contributed by atoms with E-state index in [9.17, 15) is 0 Å². The first-order chi connectivity index (χ1) is 19.3. The largest absolute Gasteiger partial charge is 0.458 e. The Morgan fingerprint density at radius 1 is 0.410 bits per heavy atom. The third kappa shape index (κ3) is 2.93. The standard InChI is InChI=1S/C36H21BO2/c1-2-10-25-22(8-1)18-19-24-21-29-23(20-28(24)25)9-5-11-26(29)27-12-6-14-31-36(27)39-34-17-7-16-33-35(34)37(31)30-13-3-4-15-32(30)38-33/h1-21H.